The summed E-state index contributed by atoms with van der Waals surface area (Å²) >= 11 is 1.55. The lowest BCUT2D eigenvalue weighted by Crippen LogP contribution is -1.74. The SMILES string of the molecule is [2H]CB(F)I. The van der Waals surface area contributed by atoms with E-state index in [0.29, 0.717) is 0 Å². The molecule has 4 heavy (non-hydrogen) atoms. The van der Waals surface area contributed by atoms with Gasteiger partial charge in [0.1, 0.15) is 0 Å². The van der Waals surface area contributed by atoms with E-state index in [2.05, 4.69) is 0 Å². The van der Waals surface area contributed by atoms with E-state index in [1.807, 2.05) is 0 Å². The lowest BCUT2D eigenvalue weighted by molar-refractivity contribution is 0.873. The molecule has 3 heteroatoms. The van der Waals surface area contributed by atoms with Crippen LogP contribution in [0.5, 0.6) is 0 Å². The molecule has 0 saturated carbocycles. The normalized spacial score (nSPS) is 10.0. The number of halogens is 2. The van der Waals surface area contributed by atoms with E-state index < -0.39 is 4.85 Å². The molecular weight excluding hydrogens is 169 g/mol. The fourth-order valence-electron chi connectivity index (χ4n) is 0. The third-order valence-corrected chi connectivity index (χ3v) is 0. The first-order valence-corrected chi connectivity index (χ1v) is 2.09. The monoisotopic (exact) mass is 173 g/mol. The fraction of sp³-hybridized carbons (Fsp3) is 1.00. The summed E-state index contributed by atoms with van der Waals surface area (Å²) in [5.74, 6) is 0. The van der Waals surface area contributed by atoms with Crippen LogP contribution in [0.2, 0.25) is 6.80 Å². The summed E-state index contributed by atoms with van der Waals surface area (Å²) in [6, 6.07) is 0. The molecule has 0 aliphatic rings. The molecule has 0 amide bonds. The second kappa shape index (κ2) is 1.99. The minimum atomic E-state index is -0.979. The van der Waals surface area contributed by atoms with Crippen LogP contribution in [-0.4, -0.2) is 4.85 Å². The average molecular weight is 173 g/mol. The highest BCUT2D eigenvalue weighted by Gasteiger charge is 1.89. The molecular formula is CH3BFI. The van der Waals surface area contributed by atoms with Gasteiger partial charge in [0.25, 0.3) is 0 Å². The van der Waals surface area contributed by atoms with Crippen molar-refractivity contribution in [2.75, 3.05) is 0 Å². The van der Waals surface area contributed by atoms with Crippen LogP contribution in [0.4, 0.5) is 4.32 Å². The molecule has 0 radical (unpaired) electrons. The minimum absolute atomic E-state index is 0.124. The number of hydrogen-bond donors (Lipinski definition) is 0. The van der Waals surface area contributed by atoms with Crippen molar-refractivity contribution in [3.8, 4) is 0 Å². The van der Waals surface area contributed by atoms with Gasteiger partial charge in [-0.05, 0) is 6.80 Å². The van der Waals surface area contributed by atoms with Crippen LogP contribution in [0.25, 0.3) is 0 Å². The predicted octanol–water partition coefficient (Wildman–Crippen LogP) is 1.51. The van der Waals surface area contributed by atoms with E-state index in [1.54, 1.807) is 22.4 Å². The third-order valence-electron chi connectivity index (χ3n) is 0. The first-order chi connectivity index (χ1) is 2.27. The van der Waals surface area contributed by atoms with Crippen LogP contribution < -0.4 is 0 Å². The summed E-state index contributed by atoms with van der Waals surface area (Å²) in [6.07, 6.45) is 0. The summed E-state index contributed by atoms with van der Waals surface area (Å²) < 4.78 is 17.5. The van der Waals surface area contributed by atoms with Gasteiger partial charge >= 0.3 is 4.85 Å². The lowest BCUT2D eigenvalue weighted by atomic mass is 10.2. The molecule has 0 aromatic heterocycles. The van der Waals surface area contributed by atoms with Crippen molar-refractivity contribution < 1.29 is 5.69 Å². The Bertz CT molecular complexity index is 25.6. The average Bonchev–Trinajstić information content (AvgIpc) is 1.38. The van der Waals surface area contributed by atoms with Gasteiger partial charge in [0, 0.05) is 1.37 Å². The van der Waals surface area contributed by atoms with Crippen molar-refractivity contribution >= 4 is 27.2 Å². The first-order valence-electron chi connectivity index (χ1n) is 1.55. The highest BCUT2D eigenvalue weighted by molar-refractivity contribution is 14.1. The topological polar surface area (TPSA) is 0 Å². The molecule has 24 valence electrons. The molecule has 0 bridgehead atoms. The van der Waals surface area contributed by atoms with Crippen molar-refractivity contribution in [2.45, 2.75) is 6.80 Å². The van der Waals surface area contributed by atoms with Gasteiger partial charge in [-0.1, -0.05) is 0 Å². The largest absolute Gasteiger partial charge is 0.412 e. The third kappa shape index (κ3) is 15.4. The molecule has 0 nitrogen and oxygen atoms in total. The van der Waals surface area contributed by atoms with Gasteiger partial charge < -0.3 is 4.32 Å². The molecule has 0 spiro atoms. The maximum Gasteiger partial charge on any atom is 0.412 e. The summed E-state index contributed by atoms with van der Waals surface area (Å²) in [5, 5.41) is 0. The van der Waals surface area contributed by atoms with Crippen LogP contribution >= 0.6 is 22.4 Å². The van der Waals surface area contributed by atoms with Gasteiger partial charge in [0.15, 0.2) is 0 Å². The van der Waals surface area contributed by atoms with Crippen LogP contribution in [-0.2, 0) is 0 Å². The van der Waals surface area contributed by atoms with Crippen LogP contribution in [0.1, 0.15) is 1.37 Å². The zero-order chi connectivity index (χ0) is 4.28. The molecule has 0 atom stereocenters. The van der Waals surface area contributed by atoms with Gasteiger partial charge in [-0.2, -0.15) is 0 Å². The Morgan fingerprint density at radius 2 is 2.75 bits per heavy atom. The molecule has 0 saturated heterocycles. The zero-order valence-corrected chi connectivity index (χ0v) is 4.20. The van der Waals surface area contributed by atoms with E-state index in [4.69, 9.17) is 1.37 Å². The Kier molecular flexibility index (Phi) is 1.46. The molecule has 0 aliphatic heterocycles. The van der Waals surface area contributed by atoms with E-state index in [0.717, 1.165) is 0 Å². The van der Waals surface area contributed by atoms with Crippen molar-refractivity contribution in [3.63, 3.8) is 0 Å². The van der Waals surface area contributed by atoms with Gasteiger partial charge in [0.2, 0.25) is 0 Å². The van der Waals surface area contributed by atoms with Crippen molar-refractivity contribution in [3.05, 3.63) is 0 Å². The highest BCUT2D eigenvalue weighted by atomic mass is 127. The zero-order valence-electron chi connectivity index (χ0n) is 3.04. The van der Waals surface area contributed by atoms with Gasteiger partial charge in [-0.25, -0.2) is 0 Å². The van der Waals surface area contributed by atoms with E-state index in [9.17, 15) is 4.32 Å². The second-order valence-electron chi connectivity index (χ2n) is 0.391. The van der Waals surface area contributed by atoms with Crippen molar-refractivity contribution in [1.29, 1.82) is 0 Å². The Morgan fingerprint density at radius 1 is 2.50 bits per heavy atom. The number of rotatable bonds is 0. The molecule has 0 rings (SSSR count). The molecule has 0 fully saturated rings. The van der Waals surface area contributed by atoms with Crippen molar-refractivity contribution in [2.24, 2.45) is 0 Å². The maximum absolute atomic E-state index is 11.2. The summed E-state index contributed by atoms with van der Waals surface area (Å²) in [5.41, 5.74) is 0. The molecule has 0 aromatic rings. The Hall–Kier alpha value is 0.725. The van der Waals surface area contributed by atoms with Crippen LogP contribution in [0.15, 0.2) is 0 Å². The van der Waals surface area contributed by atoms with Crippen LogP contribution in [0.3, 0.4) is 0 Å². The smallest absolute Gasteiger partial charge is 0.321 e. The van der Waals surface area contributed by atoms with Gasteiger partial charge in [-0.3, -0.25) is 0 Å². The van der Waals surface area contributed by atoms with E-state index in [-0.39, 0.29) is 6.80 Å². The molecule has 0 heterocycles. The standard InChI is InChI=1S/CH3BFI/c1-2(3)4/h1H3/i1D. The fourth-order valence-corrected chi connectivity index (χ4v) is 0. The van der Waals surface area contributed by atoms with E-state index in [1.165, 1.54) is 0 Å². The minimum Gasteiger partial charge on any atom is -0.321 e. The molecule has 0 aromatic carbocycles. The quantitative estimate of drug-likeness (QED) is 0.384. The van der Waals surface area contributed by atoms with Gasteiger partial charge in [-0.15, -0.1) is 22.4 Å². The summed E-state index contributed by atoms with van der Waals surface area (Å²) in [7, 11) is 0. The Labute approximate surface area is 40.2 Å². The summed E-state index contributed by atoms with van der Waals surface area (Å²) in [4.78, 5) is -0.979. The van der Waals surface area contributed by atoms with E-state index >= 15 is 0 Å². The lowest BCUT2D eigenvalue weighted by Gasteiger charge is -1.63. The first kappa shape index (κ1) is 2.94. The predicted molar refractivity (Wildman–Crippen MR) is 26.7 cm³/mol. The molecule has 0 aliphatic carbocycles. The molecule has 0 N–H and O–H groups in total. The number of hydrogen-bond acceptors (Lipinski definition) is 0. The van der Waals surface area contributed by atoms with Crippen LogP contribution in [0, 0.1) is 0 Å². The van der Waals surface area contributed by atoms with Crippen molar-refractivity contribution in [1.82, 2.24) is 0 Å². The summed E-state index contributed by atoms with van der Waals surface area (Å²) in [6.45, 7) is -0.124. The van der Waals surface area contributed by atoms with Gasteiger partial charge in [0.05, 0.1) is 0 Å². The second-order valence-corrected chi connectivity index (χ2v) is 1.74. The Balaban J connectivity index is 2.54. The highest BCUT2D eigenvalue weighted by Crippen LogP contribution is 1.89. The molecule has 0 unspecified atom stereocenters. The Morgan fingerprint density at radius 3 is 2.75 bits per heavy atom. The maximum atomic E-state index is 11.2.